The number of aromatic nitrogens is 2. The Kier molecular flexibility index (Phi) is 4.90. The van der Waals surface area contributed by atoms with E-state index in [1.54, 1.807) is 0 Å². The fourth-order valence-electron chi connectivity index (χ4n) is 3.98. The maximum absolute atomic E-state index is 12.8. The van der Waals surface area contributed by atoms with Crippen molar-refractivity contribution >= 4 is 6.03 Å². The lowest BCUT2D eigenvalue weighted by Gasteiger charge is -2.30. The number of aromatic amines is 1. The number of rotatable bonds is 4. The van der Waals surface area contributed by atoms with Crippen molar-refractivity contribution in [3.05, 3.63) is 17.0 Å². The molecule has 1 aromatic rings. The molecule has 2 aliphatic rings. The Morgan fingerprint density at radius 2 is 2.26 bits per heavy atom. The first-order valence-corrected chi connectivity index (χ1v) is 8.82. The molecule has 0 aromatic carbocycles. The number of H-pyrrole nitrogens is 1. The number of carbonyl (C=O) groups excluding carboxylic acids is 1. The molecule has 2 amide bonds. The highest BCUT2D eigenvalue weighted by Gasteiger charge is 2.35. The summed E-state index contributed by atoms with van der Waals surface area (Å²) in [5.74, 6) is 0. The van der Waals surface area contributed by atoms with E-state index in [0.29, 0.717) is 0 Å². The van der Waals surface area contributed by atoms with E-state index < -0.39 is 0 Å². The number of nitrogens with one attached hydrogen (secondary N) is 2. The van der Waals surface area contributed by atoms with Crippen LogP contribution in [-0.4, -0.2) is 46.4 Å². The van der Waals surface area contributed by atoms with Gasteiger partial charge in [0.15, 0.2) is 0 Å². The summed E-state index contributed by atoms with van der Waals surface area (Å²) in [6.45, 7) is 7.77. The average molecular weight is 320 g/mol. The highest BCUT2D eigenvalue weighted by Crippen LogP contribution is 2.35. The molecule has 0 aliphatic carbocycles. The summed E-state index contributed by atoms with van der Waals surface area (Å²) in [6.07, 6.45) is 5.25. The normalized spacial score (nSPS) is 25.8. The molecule has 3 rings (SSSR count). The maximum Gasteiger partial charge on any atom is 0.318 e. The second kappa shape index (κ2) is 6.91. The molecule has 0 bridgehead atoms. The molecule has 6 nitrogen and oxygen atoms in total. The van der Waals surface area contributed by atoms with Gasteiger partial charge in [-0.25, -0.2) is 4.79 Å². The van der Waals surface area contributed by atoms with Gasteiger partial charge in [-0.05, 0) is 46.0 Å². The van der Waals surface area contributed by atoms with Crippen LogP contribution >= 0.6 is 0 Å². The van der Waals surface area contributed by atoms with E-state index in [2.05, 4.69) is 22.4 Å². The van der Waals surface area contributed by atoms with Crippen molar-refractivity contribution in [1.82, 2.24) is 20.4 Å². The Labute approximate surface area is 138 Å². The first kappa shape index (κ1) is 16.3. The number of aryl methyl sites for hydroxylation is 2. The highest BCUT2D eigenvalue weighted by atomic mass is 16.5. The van der Waals surface area contributed by atoms with Gasteiger partial charge in [0.2, 0.25) is 0 Å². The van der Waals surface area contributed by atoms with E-state index in [9.17, 15) is 4.79 Å². The summed E-state index contributed by atoms with van der Waals surface area (Å²) in [4.78, 5) is 14.8. The maximum atomic E-state index is 12.8. The van der Waals surface area contributed by atoms with E-state index in [-0.39, 0.29) is 24.2 Å². The predicted molar refractivity (Wildman–Crippen MR) is 88.3 cm³/mol. The van der Waals surface area contributed by atoms with Crippen LogP contribution in [0, 0.1) is 13.8 Å². The molecule has 2 saturated heterocycles. The van der Waals surface area contributed by atoms with Gasteiger partial charge in [-0.3, -0.25) is 5.10 Å². The molecule has 3 heterocycles. The third-order valence-electron chi connectivity index (χ3n) is 5.19. The number of hydrogen-bond donors (Lipinski definition) is 2. The van der Waals surface area contributed by atoms with Crippen LogP contribution in [0.3, 0.4) is 0 Å². The van der Waals surface area contributed by atoms with Crippen LogP contribution in [0.25, 0.3) is 0 Å². The number of nitrogens with zero attached hydrogens (tertiary/aromatic N) is 2. The molecule has 1 aromatic heterocycles. The van der Waals surface area contributed by atoms with Crippen molar-refractivity contribution in [3.8, 4) is 0 Å². The van der Waals surface area contributed by atoms with Crippen molar-refractivity contribution in [2.75, 3.05) is 13.2 Å². The number of hydrogen-bond acceptors (Lipinski definition) is 3. The van der Waals surface area contributed by atoms with E-state index in [4.69, 9.17) is 4.74 Å². The van der Waals surface area contributed by atoms with E-state index in [0.717, 1.165) is 56.6 Å². The van der Waals surface area contributed by atoms with Crippen molar-refractivity contribution in [1.29, 1.82) is 0 Å². The predicted octanol–water partition coefficient (Wildman–Crippen LogP) is 2.83. The number of likely N-dealkylation sites (tertiary alicyclic amines) is 1. The molecule has 0 radical (unpaired) electrons. The average Bonchev–Trinajstić information content (AvgIpc) is 3.26. The lowest BCUT2D eigenvalue weighted by atomic mass is 10.0. The quantitative estimate of drug-likeness (QED) is 0.896. The van der Waals surface area contributed by atoms with Gasteiger partial charge < -0.3 is 15.0 Å². The second-order valence-electron chi connectivity index (χ2n) is 6.71. The number of ether oxygens (including phenoxy) is 1. The minimum absolute atomic E-state index is 0.0369. The fraction of sp³-hybridized carbons (Fsp3) is 0.765. The zero-order valence-electron chi connectivity index (χ0n) is 14.4. The van der Waals surface area contributed by atoms with Crippen molar-refractivity contribution in [3.63, 3.8) is 0 Å². The SMILES string of the molecule is CC[C@H](NC(=O)N1CCC[C@@H]1c1c(C)n[nH]c1C)[C@H]1CCCO1. The first-order valence-electron chi connectivity index (χ1n) is 8.82. The molecular formula is C17H28N4O2. The number of urea groups is 1. The summed E-state index contributed by atoms with van der Waals surface area (Å²) >= 11 is 0. The molecule has 23 heavy (non-hydrogen) atoms. The minimum atomic E-state index is 0.0369. The molecule has 2 N–H and O–H groups in total. The fourth-order valence-corrected chi connectivity index (χ4v) is 3.98. The molecule has 3 atom stereocenters. The molecule has 2 aliphatic heterocycles. The highest BCUT2D eigenvalue weighted by molar-refractivity contribution is 5.75. The summed E-state index contributed by atoms with van der Waals surface area (Å²) < 4.78 is 5.76. The summed E-state index contributed by atoms with van der Waals surface area (Å²) in [5.41, 5.74) is 3.25. The Morgan fingerprint density at radius 3 is 2.87 bits per heavy atom. The van der Waals surface area contributed by atoms with Crippen LogP contribution in [0.4, 0.5) is 4.79 Å². The molecule has 128 valence electrons. The zero-order chi connectivity index (χ0) is 16.4. The Bertz CT molecular complexity index is 531. The number of carbonyl (C=O) groups is 1. The monoisotopic (exact) mass is 320 g/mol. The van der Waals surface area contributed by atoms with Gasteiger partial charge >= 0.3 is 6.03 Å². The first-order chi connectivity index (χ1) is 11.1. The molecule has 2 fully saturated rings. The van der Waals surface area contributed by atoms with E-state index in [1.165, 1.54) is 5.56 Å². The largest absolute Gasteiger partial charge is 0.376 e. The molecule has 6 heteroatoms. The van der Waals surface area contributed by atoms with Crippen LogP contribution in [0.2, 0.25) is 0 Å². The smallest absolute Gasteiger partial charge is 0.318 e. The molecule has 0 spiro atoms. The second-order valence-corrected chi connectivity index (χ2v) is 6.71. The van der Waals surface area contributed by atoms with Crippen LogP contribution < -0.4 is 5.32 Å². The van der Waals surface area contributed by atoms with E-state index in [1.807, 2.05) is 18.7 Å². The molecule has 0 saturated carbocycles. The van der Waals surface area contributed by atoms with Gasteiger partial charge in [-0.15, -0.1) is 0 Å². The summed E-state index contributed by atoms with van der Waals surface area (Å²) in [7, 11) is 0. The minimum Gasteiger partial charge on any atom is -0.376 e. The Morgan fingerprint density at radius 1 is 1.43 bits per heavy atom. The van der Waals surface area contributed by atoms with Crippen LogP contribution in [0.15, 0.2) is 0 Å². The van der Waals surface area contributed by atoms with Gasteiger partial charge in [0, 0.05) is 24.4 Å². The molecular weight excluding hydrogens is 292 g/mol. The van der Waals surface area contributed by atoms with Crippen LogP contribution in [-0.2, 0) is 4.74 Å². The third kappa shape index (κ3) is 3.22. The van der Waals surface area contributed by atoms with Crippen LogP contribution in [0.1, 0.15) is 62.0 Å². The Hall–Kier alpha value is -1.56. The van der Waals surface area contributed by atoms with Gasteiger partial charge in [-0.2, -0.15) is 5.10 Å². The van der Waals surface area contributed by atoms with Crippen LogP contribution in [0.5, 0.6) is 0 Å². The van der Waals surface area contributed by atoms with Crippen molar-refractivity contribution in [2.24, 2.45) is 0 Å². The van der Waals surface area contributed by atoms with Crippen molar-refractivity contribution < 1.29 is 9.53 Å². The number of amides is 2. The van der Waals surface area contributed by atoms with E-state index >= 15 is 0 Å². The topological polar surface area (TPSA) is 70.2 Å². The standard InChI is InChI=1S/C17H28N4O2/c1-4-13(15-8-6-10-23-15)18-17(22)21-9-5-7-14(21)16-11(2)19-20-12(16)3/h13-15H,4-10H2,1-3H3,(H,18,22)(H,19,20)/t13-,14+,15+/m0/s1. The van der Waals surface area contributed by atoms with Gasteiger partial charge in [-0.1, -0.05) is 6.92 Å². The molecule has 0 unspecified atom stereocenters. The lowest BCUT2D eigenvalue weighted by molar-refractivity contribution is 0.0765. The van der Waals surface area contributed by atoms with Gasteiger partial charge in [0.1, 0.15) is 0 Å². The lowest BCUT2D eigenvalue weighted by Crippen LogP contribution is -2.48. The summed E-state index contributed by atoms with van der Waals surface area (Å²) in [5, 5.41) is 10.5. The summed E-state index contributed by atoms with van der Waals surface area (Å²) in [6, 6.07) is 0.281. The van der Waals surface area contributed by atoms with Gasteiger partial charge in [0.05, 0.1) is 23.9 Å². The van der Waals surface area contributed by atoms with Crippen molar-refractivity contribution in [2.45, 2.75) is 71.1 Å². The third-order valence-corrected chi connectivity index (χ3v) is 5.19. The van der Waals surface area contributed by atoms with Gasteiger partial charge in [0.25, 0.3) is 0 Å². The zero-order valence-corrected chi connectivity index (χ0v) is 14.4. The Balaban J connectivity index is 1.70.